The van der Waals surface area contributed by atoms with Gasteiger partial charge in [0.05, 0.1) is 7.11 Å². The van der Waals surface area contributed by atoms with Gasteiger partial charge < -0.3 is 15.2 Å². The summed E-state index contributed by atoms with van der Waals surface area (Å²) in [5, 5.41) is 13.8. The Morgan fingerprint density at radius 2 is 2.11 bits per heavy atom. The minimum atomic E-state index is 0.431. The number of phenols is 1. The molecule has 0 spiro atoms. The van der Waals surface area contributed by atoms with Crippen molar-refractivity contribution in [1.29, 1.82) is 0 Å². The van der Waals surface area contributed by atoms with Crippen molar-refractivity contribution < 1.29 is 9.84 Å². The molecule has 1 atom stereocenters. The van der Waals surface area contributed by atoms with Crippen LogP contribution in [0.25, 0.3) is 0 Å². The van der Waals surface area contributed by atoms with Crippen LogP contribution in [0.15, 0.2) is 6.07 Å². The first-order valence-electron chi connectivity index (χ1n) is 6.73. The van der Waals surface area contributed by atoms with E-state index in [0.717, 1.165) is 35.4 Å². The van der Waals surface area contributed by atoms with Gasteiger partial charge in [0.2, 0.25) is 0 Å². The van der Waals surface area contributed by atoms with Crippen LogP contribution in [0.4, 0.5) is 0 Å². The molecule has 1 heterocycles. The molecule has 3 nitrogen and oxygen atoms in total. The maximum atomic E-state index is 10.2. The molecule has 1 saturated heterocycles. The van der Waals surface area contributed by atoms with Crippen molar-refractivity contribution in [2.75, 3.05) is 13.7 Å². The van der Waals surface area contributed by atoms with Crippen molar-refractivity contribution in [3.05, 3.63) is 22.8 Å². The normalized spacial score (nSPS) is 19.8. The van der Waals surface area contributed by atoms with Crippen LogP contribution in [0.5, 0.6) is 11.5 Å². The summed E-state index contributed by atoms with van der Waals surface area (Å²) >= 11 is 0. The molecule has 1 aromatic rings. The number of nitrogens with one attached hydrogen (secondary N) is 1. The van der Waals surface area contributed by atoms with Crippen molar-refractivity contribution in [2.24, 2.45) is 0 Å². The van der Waals surface area contributed by atoms with Gasteiger partial charge in [-0.3, -0.25) is 0 Å². The summed E-state index contributed by atoms with van der Waals surface area (Å²) in [7, 11) is 1.68. The topological polar surface area (TPSA) is 41.5 Å². The minimum absolute atomic E-state index is 0.431. The standard InChI is InChI=1S/C15H23NO2/c1-10-11(2)15(17)12(9-14(10)18-3)8-13-6-4-5-7-16-13/h9,13,16-17H,4-8H2,1-3H3. The third kappa shape index (κ3) is 2.61. The van der Waals surface area contributed by atoms with Crippen LogP contribution in [-0.4, -0.2) is 24.8 Å². The SMILES string of the molecule is COc1cc(CC2CCCCN2)c(O)c(C)c1C. The number of hydrogen-bond acceptors (Lipinski definition) is 3. The van der Waals surface area contributed by atoms with Crippen molar-refractivity contribution in [2.45, 2.75) is 45.6 Å². The lowest BCUT2D eigenvalue weighted by Crippen LogP contribution is -2.35. The molecule has 2 rings (SSSR count). The van der Waals surface area contributed by atoms with Gasteiger partial charge in [0, 0.05) is 6.04 Å². The molecular formula is C15H23NO2. The summed E-state index contributed by atoms with van der Waals surface area (Å²) in [6.45, 7) is 5.02. The molecule has 0 saturated carbocycles. The Balaban J connectivity index is 2.23. The summed E-state index contributed by atoms with van der Waals surface area (Å²) in [6, 6.07) is 2.46. The lowest BCUT2D eigenvalue weighted by atomic mass is 9.94. The number of ether oxygens (including phenoxy) is 1. The lowest BCUT2D eigenvalue weighted by Gasteiger charge is -2.24. The first-order chi connectivity index (χ1) is 8.63. The second-order valence-corrected chi connectivity index (χ2v) is 5.19. The summed E-state index contributed by atoms with van der Waals surface area (Å²) in [6.07, 6.45) is 4.61. The maximum absolute atomic E-state index is 10.2. The van der Waals surface area contributed by atoms with Gasteiger partial charge >= 0.3 is 0 Å². The fourth-order valence-electron chi connectivity index (χ4n) is 2.67. The van der Waals surface area contributed by atoms with Gasteiger partial charge in [0.15, 0.2) is 0 Å². The molecule has 1 aromatic carbocycles. The van der Waals surface area contributed by atoms with Crippen LogP contribution >= 0.6 is 0 Å². The molecule has 1 unspecified atom stereocenters. The first-order valence-corrected chi connectivity index (χ1v) is 6.73. The number of hydrogen-bond donors (Lipinski definition) is 2. The van der Waals surface area contributed by atoms with Gasteiger partial charge in [-0.1, -0.05) is 6.42 Å². The highest BCUT2D eigenvalue weighted by atomic mass is 16.5. The van der Waals surface area contributed by atoms with E-state index in [1.165, 1.54) is 19.3 Å². The average Bonchev–Trinajstić information content (AvgIpc) is 2.40. The van der Waals surface area contributed by atoms with Gasteiger partial charge in [0.25, 0.3) is 0 Å². The quantitative estimate of drug-likeness (QED) is 0.865. The molecule has 100 valence electrons. The number of piperidine rings is 1. The average molecular weight is 249 g/mol. The summed E-state index contributed by atoms with van der Waals surface area (Å²) in [5.41, 5.74) is 2.95. The summed E-state index contributed by atoms with van der Waals surface area (Å²) in [4.78, 5) is 0. The second-order valence-electron chi connectivity index (χ2n) is 5.19. The van der Waals surface area contributed by atoms with E-state index in [4.69, 9.17) is 4.74 Å². The van der Waals surface area contributed by atoms with Crippen molar-refractivity contribution in [1.82, 2.24) is 5.32 Å². The molecule has 1 aliphatic rings. The summed E-state index contributed by atoms with van der Waals surface area (Å²) < 4.78 is 5.38. The molecule has 1 fully saturated rings. The van der Waals surface area contributed by atoms with Crippen molar-refractivity contribution >= 4 is 0 Å². The fraction of sp³-hybridized carbons (Fsp3) is 0.600. The third-order valence-corrected chi connectivity index (χ3v) is 4.00. The molecule has 0 aromatic heterocycles. The van der Waals surface area contributed by atoms with Gasteiger partial charge in [0.1, 0.15) is 11.5 Å². The number of rotatable bonds is 3. The number of aromatic hydroxyl groups is 1. The highest BCUT2D eigenvalue weighted by Gasteiger charge is 2.18. The highest BCUT2D eigenvalue weighted by molar-refractivity contribution is 5.52. The number of phenolic OH excluding ortho intramolecular Hbond substituents is 1. The van der Waals surface area contributed by atoms with E-state index in [0.29, 0.717) is 11.8 Å². The van der Waals surface area contributed by atoms with Crippen LogP contribution in [0.3, 0.4) is 0 Å². The predicted octanol–water partition coefficient (Wildman–Crippen LogP) is 2.70. The predicted molar refractivity (Wildman–Crippen MR) is 73.5 cm³/mol. The number of benzene rings is 1. The Labute approximate surface area is 109 Å². The second kappa shape index (κ2) is 5.61. The van der Waals surface area contributed by atoms with Gasteiger partial charge in [-0.2, -0.15) is 0 Å². The first kappa shape index (κ1) is 13.2. The molecule has 0 bridgehead atoms. The Morgan fingerprint density at radius 1 is 1.33 bits per heavy atom. The van der Waals surface area contributed by atoms with E-state index in [-0.39, 0.29) is 0 Å². The fourth-order valence-corrected chi connectivity index (χ4v) is 2.67. The monoisotopic (exact) mass is 249 g/mol. The third-order valence-electron chi connectivity index (χ3n) is 4.00. The zero-order valence-corrected chi connectivity index (χ0v) is 11.5. The summed E-state index contributed by atoms with van der Waals surface area (Å²) in [5.74, 6) is 1.30. The van der Waals surface area contributed by atoms with E-state index in [9.17, 15) is 5.11 Å². The van der Waals surface area contributed by atoms with E-state index < -0.39 is 0 Å². The number of methoxy groups -OCH3 is 1. The lowest BCUT2D eigenvalue weighted by molar-refractivity contribution is 0.385. The molecule has 0 amide bonds. The van der Waals surface area contributed by atoms with E-state index >= 15 is 0 Å². The Bertz CT molecular complexity index is 423. The molecule has 3 heteroatoms. The van der Waals surface area contributed by atoms with Gasteiger partial charge in [-0.25, -0.2) is 0 Å². The van der Waals surface area contributed by atoms with Gasteiger partial charge in [-0.15, -0.1) is 0 Å². The highest BCUT2D eigenvalue weighted by Crippen LogP contribution is 2.33. The van der Waals surface area contributed by atoms with Crippen LogP contribution in [0.1, 0.15) is 36.0 Å². The van der Waals surface area contributed by atoms with E-state index in [1.54, 1.807) is 7.11 Å². The van der Waals surface area contributed by atoms with Crippen LogP contribution in [-0.2, 0) is 6.42 Å². The molecule has 1 aliphatic heterocycles. The molecule has 2 N–H and O–H groups in total. The van der Waals surface area contributed by atoms with Crippen molar-refractivity contribution in [3.63, 3.8) is 0 Å². The van der Waals surface area contributed by atoms with Gasteiger partial charge in [-0.05, 0) is 62.4 Å². The zero-order valence-electron chi connectivity index (χ0n) is 11.5. The Kier molecular flexibility index (Phi) is 4.12. The molecular weight excluding hydrogens is 226 g/mol. The zero-order chi connectivity index (χ0) is 13.1. The minimum Gasteiger partial charge on any atom is -0.507 e. The smallest absolute Gasteiger partial charge is 0.122 e. The maximum Gasteiger partial charge on any atom is 0.122 e. The largest absolute Gasteiger partial charge is 0.507 e. The van der Waals surface area contributed by atoms with Crippen LogP contribution in [0, 0.1) is 13.8 Å². The van der Waals surface area contributed by atoms with E-state index in [2.05, 4.69) is 5.32 Å². The Morgan fingerprint density at radius 3 is 2.72 bits per heavy atom. The van der Waals surface area contributed by atoms with Crippen molar-refractivity contribution in [3.8, 4) is 11.5 Å². The van der Waals surface area contributed by atoms with E-state index in [1.807, 2.05) is 19.9 Å². The van der Waals surface area contributed by atoms with Crippen LogP contribution in [0.2, 0.25) is 0 Å². The Hall–Kier alpha value is -1.22. The van der Waals surface area contributed by atoms with Crippen LogP contribution < -0.4 is 10.1 Å². The molecule has 0 aliphatic carbocycles. The molecule has 0 radical (unpaired) electrons. The molecule has 18 heavy (non-hydrogen) atoms.